The van der Waals surface area contributed by atoms with E-state index in [1.165, 1.54) is 11.2 Å². The average molecular weight is 243 g/mol. The van der Waals surface area contributed by atoms with E-state index < -0.39 is 0 Å². The SMILES string of the molecule is CC(NCc1ncn[nH]1)c1ccc(Cl)s1. The number of nitrogens with one attached hydrogen (secondary N) is 2. The van der Waals surface area contributed by atoms with Crippen LogP contribution in [0.4, 0.5) is 0 Å². The van der Waals surface area contributed by atoms with Crippen molar-refractivity contribution in [2.75, 3.05) is 0 Å². The van der Waals surface area contributed by atoms with Crippen LogP contribution in [-0.2, 0) is 6.54 Å². The predicted octanol–water partition coefficient (Wildman–Crippen LogP) is 2.37. The summed E-state index contributed by atoms with van der Waals surface area (Å²) in [4.78, 5) is 5.26. The van der Waals surface area contributed by atoms with Gasteiger partial charge in [-0.15, -0.1) is 11.3 Å². The normalized spacial score (nSPS) is 12.9. The molecule has 15 heavy (non-hydrogen) atoms. The molecule has 2 aromatic rings. The van der Waals surface area contributed by atoms with Crippen molar-refractivity contribution in [3.63, 3.8) is 0 Å². The number of rotatable bonds is 4. The Balaban J connectivity index is 1.90. The Bertz CT molecular complexity index is 411. The Morgan fingerprint density at radius 2 is 2.47 bits per heavy atom. The zero-order valence-corrected chi connectivity index (χ0v) is 9.77. The topological polar surface area (TPSA) is 53.6 Å². The minimum atomic E-state index is 0.271. The summed E-state index contributed by atoms with van der Waals surface area (Å²) >= 11 is 7.46. The second-order valence-electron chi connectivity index (χ2n) is 3.18. The first-order chi connectivity index (χ1) is 7.25. The lowest BCUT2D eigenvalue weighted by Crippen LogP contribution is -2.17. The van der Waals surface area contributed by atoms with Crippen molar-refractivity contribution >= 4 is 22.9 Å². The Morgan fingerprint density at radius 3 is 3.07 bits per heavy atom. The summed E-state index contributed by atoms with van der Waals surface area (Å²) in [7, 11) is 0. The third-order valence-corrected chi connectivity index (χ3v) is 3.48. The van der Waals surface area contributed by atoms with E-state index in [1.54, 1.807) is 11.3 Å². The number of aromatic nitrogens is 3. The van der Waals surface area contributed by atoms with Crippen molar-refractivity contribution in [2.45, 2.75) is 19.5 Å². The minimum absolute atomic E-state index is 0.271. The molecule has 2 N–H and O–H groups in total. The molecule has 2 rings (SSSR count). The van der Waals surface area contributed by atoms with Gasteiger partial charge in [-0.25, -0.2) is 4.98 Å². The molecule has 0 aromatic carbocycles. The minimum Gasteiger partial charge on any atom is -0.302 e. The second-order valence-corrected chi connectivity index (χ2v) is 4.92. The molecule has 2 aromatic heterocycles. The van der Waals surface area contributed by atoms with Gasteiger partial charge in [0.15, 0.2) is 0 Å². The quantitative estimate of drug-likeness (QED) is 0.866. The van der Waals surface area contributed by atoms with Gasteiger partial charge in [-0.05, 0) is 19.1 Å². The van der Waals surface area contributed by atoms with Gasteiger partial charge in [-0.3, -0.25) is 5.10 Å². The molecule has 1 atom stereocenters. The van der Waals surface area contributed by atoms with Gasteiger partial charge < -0.3 is 5.32 Å². The Hall–Kier alpha value is -0.910. The molecule has 0 aliphatic heterocycles. The van der Waals surface area contributed by atoms with Crippen molar-refractivity contribution in [1.29, 1.82) is 0 Å². The van der Waals surface area contributed by atoms with Crippen LogP contribution in [0.1, 0.15) is 23.7 Å². The standard InChI is InChI=1S/C9H11ClN4S/c1-6(7-2-3-8(10)15-7)11-4-9-12-5-13-14-9/h2-3,5-6,11H,4H2,1H3,(H,12,13,14). The fourth-order valence-electron chi connectivity index (χ4n) is 1.23. The highest BCUT2D eigenvalue weighted by Crippen LogP contribution is 2.26. The Kier molecular flexibility index (Phi) is 3.35. The Morgan fingerprint density at radius 1 is 1.60 bits per heavy atom. The zero-order chi connectivity index (χ0) is 10.7. The molecule has 0 spiro atoms. The molecule has 0 radical (unpaired) electrons. The molecule has 4 nitrogen and oxygen atoms in total. The lowest BCUT2D eigenvalue weighted by molar-refractivity contribution is 0.567. The first kappa shape index (κ1) is 10.6. The maximum absolute atomic E-state index is 5.87. The predicted molar refractivity (Wildman–Crippen MR) is 61.0 cm³/mol. The molecular weight excluding hydrogens is 232 g/mol. The number of hydrogen-bond donors (Lipinski definition) is 2. The van der Waals surface area contributed by atoms with Crippen molar-refractivity contribution < 1.29 is 0 Å². The summed E-state index contributed by atoms with van der Waals surface area (Å²) in [5, 5.41) is 9.92. The van der Waals surface area contributed by atoms with E-state index in [4.69, 9.17) is 11.6 Å². The van der Waals surface area contributed by atoms with Gasteiger partial charge >= 0.3 is 0 Å². The van der Waals surface area contributed by atoms with Gasteiger partial charge in [-0.1, -0.05) is 11.6 Å². The van der Waals surface area contributed by atoms with Gasteiger partial charge in [0.2, 0.25) is 0 Å². The van der Waals surface area contributed by atoms with Crippen LogP contribution in [0.25, 0.3) is 0 Å². The highest BCUT2D eigenvalue weighted by molar-refractivity contribution is 7.16. The first-order valence-corrected chi connectivity index (χ1v) is 5.78. The lowest BCUT2D eigenvalue weighted by Gasteiger charge is -2.09. The van der Waals surface area contributed by atoms with E-state index >= 15 is 0 Å². The Labute approximate surface area is 96.7 Å². The highest BCUT2D eigenvalue weighted by atomic mass is 35.5. The summed E-state index contributed by atoms with van der Waals surface area (Å²) in [5.41, 5.74) is 0. The summed E-state index contributed by atoms with van der Waals surface area (Å²) in [6, 6.07) is 4.21. The molecular formula is C9H11ClN4S. The summed E-state index contributed by atoms with van der Waals surface area (Å²) in [6.07, 6.45) is 1.50. The van der Waals surface area contributed by atoms with E-state index in [-0.39, 0.29) is 6.04 Å². The van der Waals surface area contributed by atoms with Crippen LogP contribution in [0.3, 0.4) is 0 Å². The maximum Gasteiger partial charge on any atom is 0.138 e. The third kappa shape index (κ3) is 2.77. The van der Waals surface area contributed by atoms with Crippen LogP contribution in [0.5, 0.6) is 0 Å². The van der Waals surface area contributed by atoms with E-state index in [0.717, 1.165) is 10.2 Å². The smallest absolute Gasteiger partial charge is 0.138 e. The molecule has 0 aliphatic rings. The molecule has 0 saturated heterocycles. The third-order valence-electron chi connectivity index (χ3n) is 2.06. The van der Waals surface area contributed by atoms with Crippen molar-refractivity contribution in [3.8, 4) is 0 Å². The van der Waals surface area contributed by atoms with Crippen LogP contribution in [0.15, 0.2) is 18.5 Å². The molecule has 0 bridgehead atoms. The van der Waals surface area contributed by atoms with Gasteiger partial charge in [0.25, 0.3) is 0 Å². The number of hydrogen-bond acceptors (Lipinski definition) is 4. The van der Waals surface area contributed by atoms with Crippen LogP contribution >= 0.6 is 22.9 Å². The van der Waals surface area contributed by atoms with Crippen LogP contribution in [0.2, 0.25) is 4.34 Å². The number of thiophene rings is 1. The molecule has 80 valence electrons. The number of nitrogens with zero attached hydrogens (tertiary/aromatic N) is 2. The van der Waals surface area contributed by atoms with E-state index in [2.05, 4.69) is 27.4 Å². The monoisotopic (exact) mass is 242 g/mol. The molecule has 0 saturated carbocycles. The van der Waals surface area contributed by atoms with Crippen LogP contribution < -0.4 is 5.32 Å². The fourth-order valence-corrected chi connectivity index (χ4v) is 2.32. The van der Waals surface area contributed by atoms with Gasteiger partial charge in [-0.2, -0.15) is 5.10 Å². The van der Waals surface area contributed by atoms with Gasteiger partial charge in [0, 0.05) is 10.9 Å². The van der Waals surface area contributed by atoms with Crippen molar-refractivity contribution in [3.05, 3.63) is 33.5 Å². The lowest BCUT2D eigenvalue weighted by atomic mass is 10.3. The number of halogens is 1. The first-order valence-electron chi connectivity index (χ1n) is 4.58. The molecule has 0 amide bonds. The summed E-state index contributed by atoms with van der Waals surface area (Å²) in [5.74, 6) is 0.838. The van der Waals surface area contributed by atoms with Crippen molar-refractivity contribution in [2.24, 2.45) is 0 Å². The van der Waals surface area contributed by atoms with Gasteiger partial charge in [0.05, 0.1) is 10.9 Å². The average Bonchev–Trinajstić information content (AvgIpc) is 2.84. The summed E-state index contributed by atoms with van der Waals surface area (Å²) in [6.45, 7) is 2.77. The molecule has 6 heteroatoms. The van der Waals surface area contributed by atoms with E-state index in [1.807, 2.05) is 12.1 Å². The molecule has 0 fully saturated rings. The van der Waals surface area contributed by atoms with E-state index in [0.29, 0.717) is 6.54 Å². The van der Waals surface area contributed by atoms with Crippen LogP contribution in [0, 0.1) is 0 Å². The maximum atomic E-state index is 5.87. The highest BCUT2D eigenvalue weighted by Gasteiger charge is 2.07. The number of aromatic amines is 1. The van der Waals surface area contributed by atoms with Crippen molar-refractivity contribution in [1.82, 2.24) is 20.5 Å². The number of H-pyrrole nitrogens is 1. The fraction of sp³-hybridized carbons (Fsp3) is 0.333. The summed E-state index contributed by atoms with van der Waals surface area (Å²) < 4.78 is 0.818. The molecule has 0 aliphatic carbocycles. The second kappa shape index (κ2) is 4.74. The zero-order valence-electron chi connectivity index (χ0n) is 8.20. The van der Waals surface area contributed by atoms with E-state index in [9.17, 15) is 0 Å². The molecule has 1 unspecified atom stereocenters. The molecule has 2 heterocycles. The van der Waals surface area contributed by atoms with Crippen LogP contribution in [-0.4, -0.2) is 15.2 Å². The largest absolute Gasteiger partial charge is 0.302 e. The van der Waals surface area contributed by atoms with Gasteiger partial charge in [0.1, 0.15) is 12.2 Å².